The van der Waals surface area contributed by atoms with Gasteiger partial charge in [0.1, 0.15) is 5.60 Å². The van der Waals surface area contributed by atoms with E-state index in [0.717, 1.165) is 30.8 Å². The highest BCUT2D eigenvalue weighted by Crippen LogP contribution is 2.26. The van der Waals surface area contributed by atoms with Gasteiger partial charge in [-0.05, 0) is 39.0 Å². The van der Waals surface area contributed by atoms with E-state index < -0.39 is 11.7 Å². The lowest BCUT2D eigenvalue weighted by atomic mass is 10.1. The molecule has 1 N–H and O–H groups in total. The van der Waals surface area contributed by atoms with Gasteiger partial charge in [0, 0.05) is 48.7 Å². The second kappa shape index (κ2) is 6.57. The summed E-state index contributed by atoms with van der Waals surface area (Å²) in [5.74, 6) is 0. The molecule has 0 atom stereocenters. The molecule has 27 heavy (non-hydrogen) atoms. The fourth-order valence-corrected chi connectivity index (χ4v) is 3.30. The van der Waals surface area contributed by atoms with Crippen LogP contribution in [-0.4, -0.2) is 32.8 Å². The van der Waals surface area contributed by atoms with Crippen LogP contribution < -0.4 is 10.2 Å². The lowest BCUT2D eigenvalue weighted by Crippen LogP contribution is -2.32. The van der Waals surface area contributed by atoms with Crippen molar-refractivity contribution >= 4 is 23.1 Å². The summed E-state index contributed by atoms with van der Waals surface area (Å²) in [4.78, 5) is 18.8. The molecule has 140 valence electrons. The average molecular weight is 365 g/mol. The fraction of sp³-hybridized carbons (Fsp3) is 0.350. The van der Waals surface area contributed by atoms with Crippen molar-refractivity contribution in [2.45, 2.75) is 39.3 Å². The van der Waals surface area contributed by atoms with Gasteiger partial charge in [0.15, 0.2) is 5.65 Å². The van der Waals surface area contributed by atoms with Gasteiger partial charge in [-0.25, -0.2) is 14.3 Å². The van der Waals surface area contributed by atoms with Gasteiger partial charge >= 0.3 is 6.09 Å². The number of hydrogen-bond donors (Lipinski definition) is 1. The molecule has 3 heterocycles. The molecule has 0 saturated carbocycles. The van der Waals surface area contributed by atoms with Gasteiger partial charge in [-0.15, -0.1) is 0 Å². The van der Waals surface area contributed by atoms with Gasteiger partial charge in [0.05, 0.1) is 11.9 Å². The zero-order valence-electron chi connectivity index (χ0n) is 15.8. The first-order valence-corrected chi connectivity index (χ1v) is 9.04. The summed E-state index contributed by atoms with van der Waals surface area (Å²) in [7, 11) is 0. The van der Waals surface area contributed by atoms with Crippen molar-refractivity contribution in [3.05, 3.63) is 54.0 Å². The van der Waals surface area contributed by atoms with Crippen LogP contribution in [-0.2, 0) is 17.7 Å². The number of rotatable bonds is 2. The topological polar surface area (TPSA) is 71.8 Å². The van der Waals surface area contributed by atoms with E-state index in [1.165, 1.54) is 11.3 Å². The Morgan fingerprint density at radius 3 is 2.93 bits per heavy atom. The number of carbonyl (C=O) groups excluding carboxylic acids is 1. The van der Waals surface area contributed by atoms with Crippen LogP contribution in [0.3, 0.4) is 0 Å². The number of nitrogens with zero attached hydrogens (tertiary/aromatic N) is 4. The smallest absolute Gasteiger partial charge is 0.412 e. The van der Waals surface area contributed by atoms with E-state index in [2.05, 4.69) is 20.3 Å². The van der Waals surface area contributed by atoms with E-state index in [4.69, 9.17) is 4.74 Å². The molecule has 4 rings (SSSR count). The summed E-state index contributed by atoms with van der Waals surface area (Å²) < 4.78 is 7.25. The number of carbonyl (C=O) groups is 1. The lowest BCUT2D eigenvalue weighted by molar-refractivity contribution is 0.0636. The molecule has 7 heteroatoms. The Kier molecular flexibility index (Phi) is 4.22. The number of nitrogens with one attached hydrogen (secondary N) is 1. The van der Waals surface area contributed by atoms with E-state index in [1.54, 1.807) is 6.20 Å². The summed E-state index contributed by atoms with van der Waals surface area (Å²) in [6, 6.07) is 9.73. The third-order valence-electron chi connectivity index (χ3n) is 4.44. The predicted octanol–water partition coefficient (Wildman–Crippen LogP) is 3.64. The van der Waals surface area contributed by atoms with E-state index >= 15 is 0 Å². The number of anilines is 2. The van der Waals surface area contributed by atoms with Crippen LogP contribution in [0.15, 0.2) is 42.7 Å². The van der Waals surface area contributed by atoms with Gasteiger partial charge in [-0.2, -0.15) is 5.10 Å². The number of ether oxygens (including phenoxy) is 1. The van der Waals surface area contributed by atoms with Crippen molar-refractivity contribution in [1.82, 2.24) is 14.6 Å². The maximum absolute atomic E-state index is 12.0. The van der Waals surface area contributed by atoms with Crippen LogP contribution >= 0.6 is 0 Å². The molecule has 1 aliphatic rings. The SMILES string of the molecule is CC(C)(C)OC(=O)Nc1cccc(N2CCc3c(cnc4ccnn34)C2)c1. The van der Waals surface area contributed by atoms with E-state index in [-0.39, 0.29) is 0 Å². The Labute approximate surface area is 158 Å². The molecule has 7 nitrogen and oxygen atoms in total. The maximum Gasteiger partial charge on any atom is 0.412 e. The summed E-state index contributed by atoms with van der Waals surface area (Å²) in [6.45, 7) is 7.17. The van der Waals surface area contributed by atoms with Crippen molar-refractivity contribution in [3.63, 3.8) is 0 Å². The molecular formula is C20H23N5O2. The molecule has 0 aliphatic carbocycles. The minimum atomic E-state index is -0.525. The van der Waals surface area contributed by atoms with Crippen LogP contribution in [0.25, 0.3) is 5.65 Å². The molecule has 1 aliphatic heterocycles. The molecular weight excluding hydrogens is 342 g/mol. The second-order valence-electron chi connectivity index (χ2n) is 7.68. The lowest BCUT2D eigenvalue weighted by Gasteiger charge is -2.31. The largest absolute Gasteiger partial charge is 0.444 e. The van der Waals surface area contributed by atoms with Crippen molar-refractivity contribution in [1.29, 1.82) is 0 Å². The van der Waals surface area contributed by atoms with Crippen molar-refractivity contribution in [2.75, 3.05) is 16.8 Å². The highest BCUT2D eigenvalue weighted by atomic mass is 16.6. The standard InChI is InChI=1S/C20H23N5O2/c1-20(2,3)27-19(26)23-15-5-4-6-16(11-15)24-10-8-17-14(13-24)12-21-18-7-9-22-25(17)18/h4-7,9,11-12H,8,10,13H2,1-3H3,(H,23,26). The average Bonchev–Trinajstić information content (AvgIpc) is 3.09. The third kappa shape index (κ3) is 3.72. The fourth-order valence-electron chi connectivity index (χ4n) is 3.30. The normalized spacial score (nSPS) is 14.1. The summed E-state index contributed by atoms with van der Waals surface area (Å²) in [5, 5.41) is 7.18. The van der Waals surface area contributed by atoms with Gasteiger partial charge in [0.2, 0.25) is 0 Å². The number of amides is 1. The van der Waals surface area contributed by atoms with Crippen LogP contribution in [0.5, 0.6) is 0 Å². The van der Waals surface area contributed by atoms with Crippen LogP contribution in [0, 0.1) is 0 Å². The number of benzene rings is 1. The van der Waals surface area contributed by atoms with Gasteiger partial charge in [0.25, 0.3) is 0 Å². The first-order valence-electron chi connectivity index (χ1n) is 9.04. The highest BCUT2D eigenvalue weighted by Gasteiger charge is 2.21. The Hall–Kier alpha value is -3.09. The first-order chi connectivity index (χ1) is 12.9. The molecule has 0 saturated heterocycles. The zero-order chi connectivity index (χ0) is 19.0. The summed E-state index contributed by atoms with van der Waals surface area (Å²) in [5.41, 5.74) is 4.50. The Morgan fingerprint density at radius 1 is 1.26 bits per heavy atom. The summed E-state index contributed by atoms with van der Waals surface area (Å²) >= 11 is 0. The zero-order valence-corrected chi connectivity index (χ0v) is 15.8. The van der Waals surface area contributed by atoms with Crippen molar-refractivity contribution in [2.24, 2.45) is 0 Å². The van der Waals surface area contributed by atoms with Crippen LogP contribution in [0.1, 0.15) is 32.0 Å². The Balaban J connectivity index is 1.52. The minimum Gasteiger partial charge on any atom is -0.444 e. The molecule has 0 bridgehead atoms. The Bertz CT molecular complexity index is 989. The predicted molar refractivity (Wildman–Crippen MR) is 104 cm³/mol. The molecule has 0 radical (unpaired) electrons. The maximum atomic E-state index is 12.0. The minimum absolute atomic E-state index is 0.450. The van der Waals surface area contributed by atoms with Gasteiger partial charge in [-0.3, -0.25) is 5.32 Å². The van der Waals surface area contributed by atoms with Gasteiger partial charge in [-0.1, -0.05) is 6.07 Å². The molecule has 3 aromatic rings. The van der Waals surface area contributed by atoms with E-state index in [9.17, 15) is 4.79 Å². The molecule has 0 unspecified atom stereocenters. The van der Waals surface area contributed by atoms with E-state index in [1.807, 2.05) is 61.8 Å². The molecule has 2 aromatic heterocycles. The number of hydrogen-bond acceptors (Lipinski definition) is 5. The number of fused-ring (bicyclic) bond motifs is 3. The summed E-state index contributed by atoms with van der Waals surface area (Å²) in [6.07, 6.45) is 4.15. The number of aromatic nitrogens is 3. The van der Waals surface area contributed by atoms with Crippen LogP contribution in [0.2, 0.25) is 0 Å². The molecule has 0 fully saturated rings. The Morgan fingerprint density at radius 2 is 2.11 bits per heavy atom. The van der Waals surface area contributed by atoms with Gasteiger partial charge < -0.3 is 9.64 Å². The van der Waals surface area contributed by atoms with Crippen LogP contribution in [0.4, 0.5) is 16.2 Å². The molecule has 1 amide bonds. The van der Waals surface area contributed by atoms with Crippen molar-refractivity contribution < 1.29 is 9.53 Å². The molecule has 1 aromatic carbocycles. The monoisotopic (exact) mass is 365 g/mol. The third-order valence-corrected chi connectivity index (χ3v) is 4.44. The quantitative estimate of drug-likeness (QED) is 0.751. The second-order valence-corrected chi connectivity index (χ2v) is 7.68. The highest BCUT2D eigenvalue weighted by molar-refractivity contribution is 5.85. The molecule has 0 spiro atoms. The van der Waals surface area contributed by atoms with Crippen molar-refractivity contribution in [3.8, 4) is 0 Å². The van der Waals surface area contributed by atoms with E-state index in [0.29, 0.717) is 5.69 Å². The first kappa shape index (κ1) is 17.3.